The second-order valence-electron chi connectivity index (χ2n) is 12.4. The van der Waals surface area contributed by atoms with Crippen LogP contribution in [0.1, 0.15) is 75.9 Å². The number of carboxylic acids is 1. The Morgan fingerprint density at radius 3 is 2.51 bits per heavy atom. The summed E-state index contributed by atoms with van der Waals surface area (Å²) in [7, 11) is 1.40. The molecule has 3 aliphatic rings. The first kappa shape index (κ1) is 30.7. The zero-order valence-electron chi connectivity index (χ0n) is 26.1. The number of aromatic nitrogens is 2. The molecular formula is C35H35FN4O7. The lowest BCUT2D eigenvalue weighted by Crippen LogP contribution is -2.49. The predicted molar refractivity (Wildman–Crippen MR) is 171 cm³/mol. The van der Waals surface area contributed by atoms with E-state index in [1.807, 2.05) is 22.5 Å². The van der Waals surface area contributed by atoms with E-state index in [-0.39, 0.29) is 45.9 Å². The fraction of sp³-hybridized carbons (Fsp3) is 0.371. The number of nitrogens with one attached hydrogen (secondary N) is 1. The van der Waals surface area contributed by atoms with Gasteiger partial charge in [0, 0.05) is 49.5 Å². The predicted octanol–water partition coefficient (Wildman–Crippen LogP) is 4.24. The van der Waals surface area contributed by atoms with E-state index in [1.165, 1.54) is 7.11 Å². The summed E-state index contributed by atoms with van der Waals surface area (Å²) in [5.41, 5.74) is 0.750. The van der Waals surface area contributed by atoms with Crippen LogP contribution in [0.3, 0.4) is 0 Å². The average molecular weight is 643 g/mol. The lowest BCUT2D eigenvalue weighted by Gasteiger charge is -2.35. The van der Waals surface area contributed by atoms with E-state index in [4.69, 9.17) is 9.47 Å². The molecule has 2 unspecified atom stereocenters. The molecule has 2 aliphatic heterocycles. The minimum atomic E-state index is -1.49. The molecule has 2 N–H and O–H groups in total. The van der Waals surface area contributed by atoms with Gasteiger partial charge in [0.1, 0.15) is 17.9 Å². The molecule has 4 heterocycles. The Hall–Kier alpha value is -4.97. The quantitative estimate of drug-likeness (QED) is 0.203. The first-order chi connectivity index (χ1) is 22.7. The fourth-order valence-corrected chi connectivity index (χ4v) is 7.12. The van der Waals surface area contributed by atoms with Gasteiger partial charge in [-0.05, 0) is 44.4 Å². The second kappa shape index (κ2) is 12.0. The maximum Gasteiger partial charge on any atom is 0.341 e. The number of aromatic carboxylic acids is 1. The Balaban J connectivity index is 1.26. The van der Waals surface area contributed by atoms with Gasteiger partial charge in [0.15, 0.2) is 11.6 Å². The van der Waals surface area contributed by atoms with Gasteiger partial charge < -0.3 is 33.9 Å². The molecule has 0 radical (unpaired) electrons. The highest BCUT2D eigenvalue weighted by atomic mass is 19.1. The van der Waals surface area contributed by atoms with Crippen LogP contribution in [0.4, 0.5) is 10.1 Å². The number of anilines is 1. The SMILES string of the molecule is COc1c(N2CCNC(C)C2)c(F)cc2c(=O)c(C(=O)O)c(COC(=O)C3CCn4c(C(=O)c5ccccc5)ccc43)n(C3CC3)c12. The van der Waals surface area contributed by atoms with E-state index in [9.17, 15) is 24.3 Å². The second-order valence-corrected chi connectivity index (χ2v) is 12.4. The number of ketones is 1. The summed E-state index contributed by atoms with van der Waals surface area (Å²) in [5, 5.41) is 13.5. The normalized spacial score (nSPS) is 19.1. The van der Waals surface area contributed by atoms with Crippen LogP contribution in [0.15, 0.2) is 53.3 Å². The van der Waals surface area contributed by atoms with Crippen LogP contribution >= 0.6 is 0 Å². The van der Waals surface area contributed by atoms with E-state index in [0.717, 1.165) is 6.07 Å². The standard InChI is InChI=1S/C35H35FN4O7/c1-19-17-38(15-13-37-19)30-24(36)16-23-29(33(30)46-2)40(21-8-9-21)27(28(32(23)42)34(43)44)18-47-35(45)22-12-14-39-25(22)10-11-26(39)31(41)20-6-4-3-5-7-20/h3-7,10-11,16,19,21-22,37H,8-9,12-15,17-18H2,1-2H3,(H,43,44). The van der Waals surface area contributed by atoms with Crippen molar-refractivity contribution >= 4 is 34.3 Å². The summed E-state index contributed by atoms with van der Waals surface area (Å²) in [4.78, 5) is 55.0. The molecule has 7 rings (SSSR count). The number of halogens is 1. The van der Waals surface area contributed by atoms with Gasteiger partial charge in [-0.25, -0.2) is 9.18 Å². The van der Waals surface area contributed by atoms with Crippen molar-refractivity contribution in [1.29, 1.82) is 0 Å². The molecule has 0 bridgehead atoms. The third kappa shape index (κ3) is 5.26. The van der Waals surface area contributed by atoms with Crippen molar-refractivity contribution in [3.8, 4) is 5.75 Å². The lowest BCUT2D eigenvalue weighted by molar-refractivity contribution is -0.147. The highest BCUT2D eigenvalue weighted by Crippen LogP contribution is 2.45. The molecule has 4 aromatic rings. The van der Waals surface area contributed by atoms with E-state index in [2.05, 4.69) is 5.32 Å². The first-order valence-corrected chi connectivity index (χ1v) is 15.8. The summed E-state index contributed by atoms with van der Waals surface area (Å²) in [6.07, 6.45) is 1.81. The van der Waals surface area contributed by atoms with Gasteiger partial charge in [0.2, 0.25) is 11.2 Å². The third-order valence-corrected chi connectivity index (χ3v) is 9.41. The van der Waals surface area contributed by atoms with Gasteiger partial charge in [-0.2, -0.15) is 0 Å². The Morgan fingerprint density at radius 1 is 1.06 bits per heavy atom. The number of hydrogen-bond donors (Lipinski definition) is 2. The highest BCUT2D eigenvalue weighted by Gasteiger charge is 2.37. The minimum Gasteiger partial charge on any atom is -0.492 e. The van der Waals surface area contributed by atoms with E-state index < -0.39 is 41.3 Å². The number of benzene rings is 2. The number of esters is 1. The molecule has 0 spiro atoms. The Labute approximate surface area is 269 Å². The minimum absolute atomic E-state index is 0.0312. The molecular weight excluding hydrogens is 607 g/mol. The molecule has 2 atom stereocenters. The number of hydrogen-bond acceptors (Lipinski definition) is 8. The highest BCUT2D eigenvalue weighted by molar-refractivity contribution is 6.08. The topological polar surface area (TPSA) is 132 Å². The van der Waals surface area contributed by atoms with Crippen molar-refractivity contribution in [1.82, 2.24) is 14.5 Å². The van der Waals surface area contributed by atoms with Gasteiger partial charge in [-0.3, -0.25) is 14.4 Å². The summed E-state index contributed by atoms with van der Waals surface area (Å²) in [6, 6.07) is 13.3. The number of methoxy groups -OCH3 is 1. The van der Waals surface area contributed by atoms with Crippen molar-refractivity contribution in [3.05, 3.63) is 92.8 Å². The number of pyridine rings is 1. The largest absolute Gasteiger partial charge is 0.492 e. The summed E-state index contributed by atoms with van der Waals surface area (Å²) >= 11 is 0. The van der Waals surface area contributed by atoms with E-state index in [1.54, 1.807) is 41.0 Å². The van der Waals surface area contributed by atoms with Crippen molar-refractivity contribution in [2.75, 3.05) is 31.6 Å². The number of rotatable bonds is 9. The van der Waals surface area contributed by atoms with Gasteiger partial charge >= 0.3 is 11.9 Å². The Bertz CT molecular complexity index is 1980. The van der Waals surface area contributed by atoms with Gasteiger partial charge in [-0.1, -0.05) is 30.3 Å². The first-order valence-electron chi connectivity index (χ1n) is 15.8. The van der Waals surface area contributed by atoms with E-state index >= 15 is 4.39 Å². The zero-order valence-corrected chi connectivity index (χ0v) is 26.1. The number of nitrogens with zero attached hydrogens (tertiary/aromatic N) is 3. The molecule has 2 aromatic heterocycles. The maximum atomic E-state index is 15.8. The molecule has 2 aromatic carbocycles. The molecule has 1 saturated heterocycles. The molecule has 2 fully saturated rings. The van der Waals surface area contributed by atoms with Crippen LogP contribution in [0, 0.1) is 5.82 Å². The average Bonchev–Trinajstić information content (AvgIpc) is 3.68. The number of carboxylic acid groups (broad SMARTS) is 1. The summed E-state index contributed by atoms with van der Waals surface area (Å²) < 4.78 is 30.9. The lowest BCUT2D eigenvalue weighted by atomic mass is 10.0. The molecule has 12 heteroatoms. The summed E-state index contributed by atoms with van der Waals surface area (Å²) in [6.45, 7) is 3.60. The van der Waals surface area contributed by atoms with Crippen molar-refractivity contribution in [2.24, 2.45) is 0 Å². The van der Waals surface area contributed by atoms with Crippen molar-refractivity contribution in [3.63, 3.8) is 0 Å². The van der Waals surface area contributed by atoms with Crippen LogP contribution in [0.25, 0.3) is 10.9 Å². The number of carbonyl (C=O) groups excluding carboxylic acids is 2. The molecule has 0 amide bonds. The molecule has 244 valence electrons. The van der Waals surface area contributed by atoms with Gasteiger partial charge in [0.05, 0.1) is 35.3 Å². The third-order valence-electron chi connectivity index (χ3n) is 9.41. The molecule has 1 saturated carbocycles. The van der Waals surface area contributed by atoms with Crippen LogP contribution in [0.2, 0.25) is 0 Å². The van der Waals surface area contributed by atoms with E-state index in [0.29, 0.717) is 62.4 Å². The van der Waals surface area contributed by atoms with Crippen LogP contribution in [-0.2, 0) is 22.7 Å². The fourth-order valence-electron chi connectivity index (χ4n) is 7.12. The molecule has 11 nitrogen and oxygen atoms in total. The van der Waals surface area contributed by atoms with Crippen LogP contribution < -0.4 is 20.4 Å². The van der Waals surface area contributed by atoms with Crippen molar-refractivity contribution in [2.45, 2.75) is 57.3 Å². The van der Waals surface area contributed by atoms with Gasteiger partial charge in [-0.15, -0.1) is 0 Å². The number of ether oxygens (including phenoxy) is 2. The Kier molecular flexibility index (Phi) is 7.83. The number of carbonyl (C=O) groups is 3. The molecule has 1 aliphatic carbocycles. The number of piperazine rings is 1. The maximum absolute atomic E-state index is 15.8. The Morgan fingerprint density at radius 2 is 1.83 bits per heavy atom. The van der Waals surface area contributed by atoms with Crippen LogP contribution in [-0.4, -0.2) is 64.7 Å². The molecule has 47 heavy (non-hydrogen) atoms. The summed E-state index contributed by atoms with van der Waals surface area (Å²) in [5.74, 6) is -3.43. The number of fused-ring (bicyclic) bond motifs is 2. The smallest absolute Gasteiger partial charge is 0.341 e. The van der Waals surface area contributed by atoms with Crippen molar-refractivity contribution < 1.29 is 33.4 Å². The van der Waals surface area contributed by atoms with Crippen LogP contribution in [0.5, 0.6) is 5.75 Å². The van der Waals surface area contributed by atoms with Gasteiger partial charge in [0.25, 0.3) is 0 Å². The zero-order chi connectivity index (χ0) is 33.0. The monoisotopic (exact) mass is 642 g/mol.